The Morgan fingerprint density at radius 3 is 2.40 bits per heavy atom. The first-order valence-electron chi connectivity index (χ1n) is 9.90. The molecule has 0 fully saturated rings. The Morgan fingerprint density at radius 2 is 1.57 bits per heavy atom. The van der Waals surface area contributed by atoms with Gasteiger partial charge in [-0.3, -0.25) is 4.79 Å². The minimum atomic E-state index is -0.315. The SMILES string of the molecule is O=C(CNC(=O)N1CCc2ccccc2C1)Nc1ccccc1Oc1ccccc1. The van der Waals surface area contributed by atoms with Crippen molar-refractivity contribution in [1.29, 1.82) is 0 Å². The second kappa shape index (κ2) is 9.13. The number of fused-ring (bicyclic) bond motifs is 1. The lowest BCUT2D eigenvalue weighted by Crippen LogP contribution is -2.45. The van der Waals surface area contributed by atoms with Crippen molar-refractivity contribution in [3.63, 3.8) is 0 Å². The summed E-state index contributed by atoms with van der Waals surface area (Å²) >= 11 is 0. The van der Waals surface area contributed by atoms with Gasteiger partial charge in [-0.1, -0.05) is 54.6 Å². The highest BCUT2D eigenvalue weighted by molar-refractivity contribution is 5.95. The molecule has 6 heteroatoms. The monoisotopic (exact) mass is 401 g/mol. The zero-order chi connectivity index (χ0) is 20.8. The molecule has 152 valence electrons. The van der Waals surface area contributed by atoms with Crippen LogP contribution in [0.2, 0.25) is 0 Å². The molecular weight excluding hydrogens is 378 g/mol. The van der Waals surface area contributed by atoms with Gasteiger partial charge in [0.05, 0.1) is 12.2 Å². The van der Waals surface area contributed by atoms with E-state index >= 15 is 0 Å². The molecule has 3 aromatic rings. The topological polar surface area (TPSA) is 70.7 Å². The van der Waals surface area contributed by atoms with E-state index in [4.69, 9.17) is 4.74 Å². The van der Waals surface area contributed by atoms with E-state index in [9.17, 15) is 9.59 Å². The van der Waals surface area contributed by atoms with Crippen molar-refractivity contribution in [2.45, 2.75) is 13.0 Å². The maximum absolute atomic E-state index is 12.5. The number of para-hydroxylation sites is 3. The molecule has 0 atom stereocenters. The Balaban J connectivity index is 1.32. The minimum absolute atomic E-state index is 0.114. The predicted molar refractivity (Wildman–Crippen MR) is 116 cm³/mol. The molecule has 3 aromatic carbocycles. The molecular formula is C24H23N3O3. The van der Waals surface area contributed by atoms with Crippen LogP contribution in [0.3, 0.4) is 0 Å². The largest absolute Gasteiger partial charge is 0.455 e. The fourth-order valence-electron chi connectivity index (χ4n) is 3.41. The molecule has 6 nitrogen and oxygen atoms in total. The van der Waals surface area contributed by atoms with Crippen molar-refractivity contribution in [2.24, 2.45) is 0 Å². The molecule has 4 rings (SSSR count). The fourth-order valence-corrected chi connectivity index (χ4v) is 3.41. The Morgan fingerprint density at radius 1 is 0.867 bits per heavy atom. The van der Waals surface area contributed by atoms with E-state index in [1.807, 2.05) is 60.7 Å². The Labute approximate surface area is 175 Å². The summed E-state index contributed by atoms with van der Waals surface area (Å²) in [7, 11) is 0. The van der Waals surface area contributed by atoms with Crippen LogP contribution in [-0.4, -0.2) is 29.9 Å². The Hall–Kier alpha value is -3.80. The van der Waals surface area contributed by atoms with Gasteiger partial charge in [-0.15, -0.1) is 0 Å². The predicted octanol–water partition coefficient (Wildman–Crippen LogP) is 4.19. The number of anilines is 1. The van der Waals surface area contributed by atoms with Crippen LogP contribution < -0.4 is 15.4 Å². The van der Waals surface area contributed by atoms with Crippen LogP contribution in [0, 0.1) is 0 Å². The number of amides is 3. The lowest BCUT2D eigenvalue weighted by molar-refractivity contribution is -0.115. The molecule has 0 radical (unpaired) electrons. The summed E-state index contributed by atoms with van der Waals surface area (Å²) in [5.41, 5.74) is 2.97. The highest BCUT2D eigenvalue weighted by atomic mass is 16.5. The van der Waals surface area contributed by atoms with Crippen LogP contribution in [0.25, 0.3) is 0 Å². The van der Waals surface area contributed by atoms with Gasteiger partial charge in [0.1, 0.15) is 5.75 Å². The van der Waals surface area contributed by atoms with E-state index in [2.05, 4.69) is 16.7 Å². The van der Waals surface area contributed by atoms with Crippen LogP contribution in [0.1, 0.15) is 11.1 Å². The molecule has 1 aliphatic heterocycles. The van der Waals surface area contributed by atoms with Gasteiger partial charge in [0.25, 0.3) is 0 Å². The first-order chi connectivity index (χ1) is 14.7. The number of rotatable bonds is 5. The third kappa shape index (κ3) is 4.78. The lowest BCUT2D eigenvalue weighted by atomic mass is 10.0. The number of nitrogens with one attached hydrogen (secondary N) is 2. The molecule has 0 saturated carbocycles. The first-order valence-corrected chi connectivity index (χ1v) is 9.90. The number of hydrogen-bond acceptors (Lipinski definition) is 3. The van der Waals surface area contributed by atoms with Gasteiger partial charge >= 0.3 is 6.03 Å². The van der Waals surface area contributed by atoms with E-state index in [1.54, 1.807) is 17.0 Å². The van der Waals surface area contributed by atoms with E-state index < -0.39 is 0 Å². The number of carbonyl (C=O) groups is 2. The van der Waals surface area contributed by atoms with Crippen molar-refractivity contribution in [3.8, 4) is 11.5 Å². The first kappa shape index (κ1) is 19.5. The standard InChI is InChI=1S/C24H23N3O3/c28-23(16-25-24(29)27-15-14-18-8-4-5-9-19(18)17-27)26-21-12-6-7-13-22(21)30-20-10-2-1-3-11-20/h1-13H,14-17H2,(H,25,29)(H,26,28). The van der Waals surface area contributed by atoms with Crippen molar-refractivity contribution in [1.82, 2.24) is 10.2 Å². The molecule has 0 aliphatic carbocycles. The highest BCUT2D eigenvalue weighted by Crippen LogP contribution is 2.29. The third-order valence-electron chi connectivity index (χ3n) is 4.95. The second-order valence-electron chi connectivity index (χ2n) is 7.06. The highest BCUT2D eigenvalue weighted by Gasteiger charge is 2.20. The molecule has 1 aliphatic rings. The number of carbonyl (C=O) groups excluding carboxylic acids is 2. The van der Waals surface area contributed by atoms with Crippen molar-refractivity contribution in [2.75, 3.05) is 18.4 Å². The van der Waals surface area contributed by atoms with Gasteiger partial charge in [-0.05, 0) is 41.8 Å². The maximum Gasteiger partial charge on any atom is 0.318 e. The average molecular weight is 401 g/mol. The van der Waals surface area contributed by atoms with E-state index in [0.717, 1.165) is 12.0 Å². The zero-order valence-electron chi connectivity index (χ0n) is 16.5. The van der Waals surface area contributed by atoms with E-state index in [-0.39, 0.29) is 18.5 Å². The molecule has 0 aromatic heterocycles. The fraction of sp³-hybridized carbons (Fsp3) is 0.167. The number of urea groups is 1. The number of nitrogens with zero attached hydrogens (tertiary/aromatic N) is 1. The van der Waals surface area contributed by atoms with Crippen LogP contribution in [0.5, 0.6) is 11.5 Å². The third-order valence-corrected chi connectivity index (χ3v) is 4.95. The molecule has 3 amide bonds. The average Bonchev–Trinajstić information content (AvgIpc) is 2.79. The smallest absolute Gasteiger partial charge is 0.318 e. The van der Waals surface area contributed by atoms with Gasteiger partial charge in [-0.25, -0.2) is 4.79 Å². The van der Waals surface area contributed by atoms with E-state index in [1.165, 1.54) is 5.56 Å². The summed E-state index contributed by atoms with van der Waals surface area (Å²) in [5.74, 6) is 0.902. The summed E-state index contributed by atoms with van der Waals surface area (Å²) in [5, 5.41) is 5.51. The van der Waals surface area contributed by atoms with Gasteiger partial charge in [0.2, 0.25) is 5.91 Å². The maximum atomic E-state index is 12.5. The molecule has 0 saturated heterocycles. The molecule has 0 unspecified atom stereocenters. The second-order valence-corrected chi connectivity index (χ2v) is 7.06. The number of ether oxygens (including phenoxy) is 1. The molecule has 1 heterocycles. The summed E-state index contributed by atoms with van der Waals surface area (Å²) < 4.78 is 5.85. The molecule has 30 heavy (non-hydrogen) atoms. The Kier molecular flexibility index (Phi) is 5.94. The molecule has 2 N–H and O–H groups in total. The quantitative estimate of drug-likeness (QED) is 0.674. The van der Waals surface area contributed by atoms with Crippen molar-refractivity contribution >= 4 is 17.6 Å². The van der Waals surface area contributed by atoms with Gasteiger partial charge in [0.15, 0.2) is 5.75 Å². The van der Waals surface area contributed by atoms with Crippen molar-refractivity contribution < 1.29 is 14.3 Å². The number of benzene rings is 3. The lowest BCUT2D eigenvalue weighted by Gasteiger charge is -2.28. The summed E-state index contributed by atoms with van der Waals surface area (Å²) in [6.07, 6.45) is 0.819. The van der Waals surface area contributed by atoms with Crippen LogP contribution in [0.4, 0.5) is 10.5 Å². The summed E-state index contributed by atoms with van der Waals surface area (Å²) in [4.78, 5) is 26.6. The van der Waals surface area contributed by atoms with Gasteiger partial charge in [-0.2, -0.15) is 0 Å². The van der Waals surface area contributed by atoms with Crippen LogP contribution in [-0.2, 0) is 17.8 Å². The Bertz CT molecular complexity index is 1040. The minimum Gasteiger partial charge on any atom is -0.455 e. The van der Waals surface area contributed by atoms with Gasteiger partial charge in [0, 0.05) is 13.1 Å². The van der Waals surface area contributed by atoms with Crippen LogP contribution >= 0.6 is 0 Å². The van der Waals surface area contributed by atoms with Gasteiger partial charge < -0.3 is 20.3 Å². The van der Waals surface area contributed by atoms with Crippen molar-refractivity contribution in [3.05, 3.63) is 90.0 Å². The van der Waals surface area contributed by atoms with Crippen LogP contribution in [0.15, 0.2) is 78.9 Å². The van der Waals surface area contributed by atoms with E-state index in [0.29, 0.717) is 30.3 Å². The number of hydrogen-bond donors (Lipinski definition) is 2. The normalized spacial score (nSPS) is 12.6. The summed E-state index contributed by atoms with van der Waals surface area (Å²) in [6, 6.07) is 24.4. The zero-order valence-corrected chi connectivity index (χ0v) is 16.5. The molecule has 0 bridgehead atoms. The summed E-state index contributed by atoms with van der Waals surface area (Å²) in [6.45, 7) is 1.08. The molecule has 0 spiro atoms.